The van der Waals surface area contributed by atoms with E-state index in [9.17, 15) is 18.4 Å². The molecule has 1 aromatic carbocycles. The number of amides is 2. The minimum atomic E-state index is -2.57. The van der Waals surface area contributed by atoms with Gasteiger partial charge in [0.05, 0.1) is 48.4 Å². The van der Waals surface area contributed by atoms with Gasteiger partial charge in [-0.3, -0.25) is 14.5 Å². The van der Waals surface area contributed by atoms with Crippen LogP contribution >= 0.6 is 0 Å². The van der Waals surface area contributed by atoms with Gasteiger partial charge < -0.3 is 18.2 Å². The predicted molar refractivity (Wildman–Crippen MR) is 75.9 cm³/mol. The van der Waals surface area contributed by atoms with E-state index in [1.807, 2.05) is 0 Å². The van der Waals surface area contributed by atoms with Gasteiger partial charge in [0.15, 0.2) is 6.29 Å². The Kier molecular flexibility index (Phi) is 4.83. The van der Waals surface area contributed by atoms with E-state index in [2.05, 4.69) is 4.18 Å². The third-order valence-electron chi connectivity index (χ3n) is 3.67. The van der Waals surface area contributed by atoms with Crippen LogP contribution in [0, 0.1) is 0 Å². The van der Waals surface area contributed by atoms with Crippen molar-refractivity contribution >= 4 is 23.2 Å². The highest BCUT2D eigenvalue weighted by Crippen LogP contribution is 2.26. The molecule has 2 heterocycles. The molecule has 1 fully saturated rings. The van der Waals surface area contributed by atoms with Gasteiger partial charge >= 0.3 is 0 Å². The second-order valence-electron chi connectivity index (χ2n) is 5.09. The highest BCUT2D eigenvalue weighted by molar-refractivity contribution is 7.74. The Morgan fingerprint density at radius 1 is 1.17 bits per heavy atom. The van der Waals surface area contributed by atoms with E-state index in [0.29, 0.717) is 11.1 Å². The van der Waals surface area contributed by atoms with E-state index >= 15 is 0 Å². The number of benzene rings is 1. The van der Waals surface area contributed by atoms with Crippen molar-refractivity contribution in [2.45, 2.75) is 18.8 Å². The van der Waals surface area contributed by atoms with Crippen molar-refractivity contribution in [3.05, 3.63) is 35.4 Å². The fraction of sp³-hybridized carbons (Fsp3) is 0.429. The Bertz CT molecular complexity index is 607. The number of hydrogen-bond donors (Lipinski definition) is 0. The first-order valence-electron chi connectivity index (χ1n) is 7.00. The van der Waals surface area contributed by atoms with Crippen molar-refractivity contribution in [2.75, 3.05) is 19.8 Å². The van der Waals surface area contributed by atoms with Crippen LogP contribution in [0.4, 0.5) is 0 Å². The molecule has 0 saturated carbocycles. The number of rotatable bonds is 5. The average Bonchev–Trinajstić information content (AvgIpc) is 2.80. The largest absolute Gasteiger partial charge is 0.750 e. The van der Waals surface area contributed by atoms with Crippen LogP contribution in [0.15, 0.2) is 24.3 Å². The standard InChI is InChI=1S/C14H15NO7S/c16-13-10-3-1-2-4-11(10)14(17)15(13)9-7-20-12(21-8-9)5-6-22-23(18)19/h1-4,9,12H,5-8H2,(H,18,19)/p-1. The van der Waals surface area contributed by atoms with Crippen LogP contribution in [-0.4, -0.2) is 57.6 Å². The predicted octanol–water partition coefficient (Wildman–Crippen LogP) is 0.225. The molecular formula is C14H14NO7S-. The molecule has 0 spiro atoms. The Morgan fingerprint density at radius 2 is 1.74 bits per heavy atom. The zero-order valence-electron chi connectivity index (χ0n) is 12.0. The normalized spacial score (nSPS) is 25.5. The first-order chi connectivity index (χ1) is 11.1. The quantitative estimate of drug-likeness (QED) is 0.558. The summed E-state index contributed by atoms with van der Waals surface area (Å²) in [4.78, 5) is 25.8. The summed E-state index contributed by atoms with van der Waals surface area (Å²) in [7, 11) is 0. The molecule has 0 radical (unpaired) electrons. The minimum absolute atomic E-state index is 0.0571. The highest BCUT2D eigenvalue weighted by atomic mass is 32.2. The number of carbonyl (C=O) groups excluding carboxylic acids is 2. The molecule has 0 aromatic heterocycles. The molecule has 1 saturated heterocycles. The van der Waals surface area contributed by atoms with E-state index < -0.39 is 23.7 Å². The van der Waals surface area contributed by atoms with Gasteiger partial charge in [0.2, 0.25) is 0 Å². The third-order valence-corrected chi connectivity index (χ3v) is 4.03. The Balaban J connectivity index is 1.58. The molecule has 2 aliphatic rings. The van der Waals surface area contributed by atoms with E-state index in [1.54, 1.807) is 24.3 Å². The summed E-state index contributed by atoms with van der Waals surface area (Å²) < 4.78 is 35.8. The molecule has 23 heavy (non-hydrogen) atoms. The zero-order valence-corrected chi connectivity index (χ0v) is 12.8. The highest BCUT2D eigenvalue weighted by Gasteiger charge is 2.41. The van der Waals surface area contributed by atoms with Gasteiger partial charge in [-0.15, -0.1) is 0 Å². The number of nitrogens with zero attached hydrogens (tertiary/aromatic N) is 1. The summed E-state index contributed by atoms with van der Waals surface area (Å²) in [5.74, 6) is -0.710. The van der Waals surface area contributed by atoms with Crippen molar-refractivity contribution in [3.8, 4) is 0 Å². The van der Waals surface area contributed by atoms with E-state index in [1.165, 1.54) is 0 Å². The lowest BCUT2D eigenvalue weighted by Crippen LogP contribution is -2.50. The molecule has 0 bridgehead atoms. The Morgan fingerprint density at radius 3 is 2.26 bits per heavy atom. The van der Waals surface area contributed by atoms with E-state index in [-0.39, 0.29) is 38.1 Å². The first kappa shape index (κ1) is 16.2. The Hall–Kier alpha value is -1.65. The summed E-state index contributed by atoms with van der Waals surface area (Å²) in [5.41, 5.74) is 0.761. The summed E-state index contributed by atoms with van der Waals surface area (Å²) in [5, 5.41) is 0. The number of ether oxygens (including phenoxy) is 2. The third kappa shape index (κ3) is 3.33. The lowest BCUT2D eigenvalue weighted by molar-refractivity contribution is -0.201. The fourth-order valence-corrected chi connectivity index (χ4v) is 2.83. The summed E-state index contributed by atoms with van der Waals surface area (Å²) in [6, 6.07) is 6.13. The maximum absolute atomic E-state index is 12.3. The number of hydrogen-bond acceptors (Lipinski definition) is 7. The van der Waals surface area contributed by atoms with Crippen LogP contribution in [0.25, 0.3) is 0 Å². The lowest BCUT2D eigenvalue weighted by atomic mass is 10.1. The topological polar surface area (TPSA) is 105 Å². The van der Waals surface area contributed by atoms with Gasteiger partial charge in [-0.05, 0) is 12.1 Å². The van der Waals surface area contributed by atoms with E-state index in [0.717, 1.165) is 4.90 Å². The van der Waals surface area contributed by atoms with Crippen LogP contribution in [-0.2, 0) is 25.0 Å². The van der Waals surface area contributed by atoms with Crippen molar-refractivity contribution in [1.82, 2.24) is 4.90 Å². The molecule has 2 amide bonds. The van der Waals surface area contributed by atoms with Crippen molar-refractivity contribution in [3.63, 3.8) is 0 Å². The second kappa shape index (κ2) is 6.85. The van der Waals surface area contributed by atoms with Crippen LogP contribution in [0.1, 0.15) is 27.1 Å². The zero-order chi connectivity index (χ0) is 16.4. The van der Waals surface area contributed by atoms with Crippen LogP contribution in [0.2, 0.25) is 0 Å². The molecular weight excluding hydrogens is 326 g/mol. The van der Waals surface area contributed by atoms with Crippen molar-refractivity contribution in [2.24, 2.45) is 0 Å². The molecule has 0 aliphatic carbocycles. The molecule has 8 nitrogen and oxygen atoms in total. The molecule has 1 aromatic rings. The molecule has 2 aliphatic heterocycles. The van der Waals surface area contributed by atoms with Crippen molar-refractivity contribution < 1.29 is 32.0 Å². The summed E-state index contributed by atoms with van der Waals surface area (Å²) in [6.07, 6.45) is -0.381. The maximum Gasteiger partial charge on any atom is 0.261 e. The summed E-state index contributed by atoms with van der Waals surface area (Å²) in [6.45, 7) is 0.214. The maximum atomic E-state index is 12.3. The van der Waals surface area contributed by atoms with Gasteiger partial charge in [-0.25, -0.2) is 4.21 Å². The molecule has 1 atom stereocenters. The molecule has 3 rings (SSSR count). The second-order valence-corrected chi connectivity index (χ2v) is 5.73. The Labute approximate surface area is 134 Å². The van der Waals surface area contributed by atoms with Gasteiger partial charge in [0, 0.05) is 6.42 Å². The number of imide groups is 1. The van der Waals surface area contributed by atoms with Crippen LogP contribution < -0.4 is 0 Å². The monoisotopic (exact) mass is 340 g/mol. The SMILES string of the molecule is O=C1c2ccccc2C(=O)N1C1COC(CCOS(=O)[O-])OC1. The molecule has 0 N–H and O–H groups in total. The van der Waals surface area contributed by atoms with Gasteiger partial charge in [-0.2, -0.15) is 0 Å². The van der Waals surface area contributed by atoms with Gasteiger partial charge in [0.25, 0.3) is 11.8 Å². The summed E-state index contributed by atoms with van der Waals surface area (Å²) >= 11 is -2.57. The van der Waals surface area contributed by atoms with Crippen LogP contribution in [0.5, 0.6) is 0 Å². The number of carbonyl (C=O) groups is 2. The number of fused-ring (bicyclic) bond motifs is 1. The lowest BCUT2D eigenvalue weighted by Gasteiger charge is -2.33. The molecule has 1 unspecified atom stereocenters. The van der Waals surface area contributed by atoms with Crippen LogP contribution in [0.3, 0.4) is 0 Å². The van der Waals surface area contributed by atoms with E-state index in [4.69, 9.17) is 9.47 Å². The first-order valence-corrected chi connectivity index (χ1v) is 8.00. The smallest absolute Gasteiger partial charge is 0.261 e. The molecule has 124 valence electrons. The van der Waals surface area contributed by atoms with Crippen molar-refractivity contribution in [1.29, 1.82) is 0 Å². The minimum Gasteiger partial charge on any atom is -0.750 e. The van der Waals surface area contributed by atoms with Gasteiger partial charge in [-0.1, -0.05) is 12.1 Å². The molecule has 9 heteroatoms. The fourth-order valence-electron chi connectivity index (χ4n) is 2.60. The average molecular weight is 340 g/mol. The van der Waals surface area contributed by atoms with Gasteiger partial charge in [0.1, 0.15) is 0 Å².